The molecule has 1 unspecified atom stereocenters. The van der Waals surface area contributed by atoms with Crippen molar-refractivity contribution in [2.24, 2.45) is 25.2 Å². The number of aromatic hydroxyl groups is 2. The number of non-ortho nitro benzene ring substituents is 1. The number of nitro benzene ring substituents is 2. The number of aromatic nitrogens is 12. The first-order valence-electron chi connectivity index (χ1n) is 44.1. The number of Topliss-reactive ketones (excluding diaryl/α,β-unsaturated/α-hetero) is 1. The number of hydrogen-bond donors (Lipinski definition) is 6. The zero-order valence-corrected chi connectivity index (χ0v) is 81.3. The number of nitro groups is 2. The molecule has 9 aromatic carbocycles. The number of nitrogens with two attached hydrogens (primary N) is 1. The number of benzene rings is 9. The number of ketones is 1. The molecular formula is C94H110ClN19O18S4. The van der Waals surface area contributed by atoms with Gasteiger partial charge in [-0.1, -0.05) is 232 Å². The molecule has 0 radical (unpaired) electrons. The Balaban J connectivity index is 0.000000230. The van der Waals surface area contributed by atoms with Crippen LogP contribution in [0.25, 0.3) is 21.5 Å². The van der Waals surface area contributed by atoms with E-state index in [1.165, 1.54) is 134 Å². The van der Waals surface area contributed by atoms with Crippen molar-refractivity contribution in [1.82, 2.24) is 65.5 Å². The Morgan fingerprint density at radius 1 is 0.581 bits per heavy atom. The maximum atomic E-state index is 14.0. The van der Waals surface area contributed by atoms with Gasteiger partial charge in [0.1, 0.15) is 41.0 Å². The van der Waals surface area contributed by atoms with Crippen LogP contribution < -0.4 is 35.3 Å². The Morgan fingerprint density at radius 3 is 1.68 bits per heavy atom. The summed E-state index contributed by atoms with van der Waals surface area (Å²) in [5.74, 6) is -1.62. The number of halogens is 1. The number of rotatable bonds is 45. The van der Waals surface area contributed by atoms with Gasteiger partial charge in [0.15, 0.2) is 5.78 Å². The van der Waals surface area contributed by atoms with E-state index >= 15 is 0 Å². The molecule has 3 aromatic heterocycles. The van der Waals surface area contributed by atoms with E-state index in [0.717, 1.165) is 63.8 Å². The number of tetrazole rings is 3. The molecule has 37 nitrogen and oxygen atoms in total. The molecule has 42 heteroatoms. The molecule has 1 atom stereocenters. The second kappa shape index (κ2) is 50.3. The molecule has 0 saturated heterocycles. The minimum absolute atomic E-state index is 0.00154. The summed E-state index contributed by atoms with van der Waals surface area (Å²) in [6, 6.07) is 40.8. The van der Waals surface area contributed by atoms with Crippen molar-refractivity contribution in [1.29, 1.82) is 0 Å². The summed E-state index contributed by atoms with van der Waals surface area (Å²) in [6.07, 6.45) is 14.8. The fourth-order valence-electron chi connectivity index (χ4n) is 13.9. The van der Waals surface area contributed by atoms with E-state index in [1.54, 1.807) is 101 Å². The molecule has 0 bridgehead atoms. The molecule has 720 valence electrons. The van der Waals surface area contributed by atoms with E-state index in [9.17, 15) is 67.6 Å². The van der Waals surface area contributed by atoms with Crippen LogP contribution in [0, 0.1) is 46.4 Å². The summed E-state index contributed by atoms with van der Waals surface area (Å²) in [5, 5.41) is 87.4. The summed E-state index contributed by atoms with van der Waals surface area (Å²) in [4.78, 5) is 103. The van der Waals surface area contributed by atoms with Gasteiger partial charge in [0.25, 0.3) is 28.6 Å². The van der Waals surface area contributed by atoms with Crippen molar-refractivity contribution in [3.05, 3.63) is 221 Å². The van der Waals surface area contributed by atoms with Gasteiger partial charge in [0.05, 0.1) is 56.3 Å². The minimum Gasteiger partial charge on any atom is -0.506 e. The normalized spacial score (nSPS) is 11.5. The lowest BCUT2D eigenvalue weighted by Gasteiger charge is -2.27. The van der Waals surface area contributed by atoms with Gasteiger partial charge in [-0.2, -0.15) is 0 Å². The van der Waals surface area contributed by atoms with Crippen LogP contribution in [0.5, 0.6) is 40.2 Å². The molecule has 12 rings (SSSR count). The smallest absolute Gasteiger partial charge is 0.327 e. The number of hydrogen-bond acceptors (Lipinski definition) is 30. The number of fused-ring (bicyclic) bond motifs is 2. The van der Waals surface area contributed by atoms with Crippen molar-refractivity contribution >= 4 is 142 Å². The number of ether oxygens (including phenoxy) is 4. The highest BCUT2D eigenvalue weighted by atomic mass is 35.5. The fourth-order valence-corrected chi connectivity index (χ4v) is 17.6. The van der Waals surface area contributed by atoms with Crippen molar-refractivity contribution in [3.8, 4) is 40.2 Å². The zero-order chi connectivity index (χ0) is 98.3. The Morgan fingerprint density at radius 2 is 1.12 bits per heavy atom. The number of amides is 4. The second-order valence-corrected chi connectivity index (χ2v) is 38.0. The van der Waals surface area contributed by atoms with Crippen LogP contribution in [-0.2, 0) is 67.8 Å². The molecule has 0 aliphatic carbocycles. The minimum atomic E-state index is -3.75. The molecule has 4 amide bonds. The van der Waals surface area contributed by atoms with Crippen LogP contribution >= 0.6 is 46.9 Å². The number of carbonyl (C=O) groups excluding carboxylic acids is 6. The first-order chi connectivity index (χ1) is 65.0. The predicted octanol–water partition coefficient (Wildman–Crippen LogP) is 19.6. The van der Waals surface area contributed by atoms with Crippen LogP contribution in [0.3, 0.4) is 0 Å². The third kappa shape index (κ3) is 30.1. The number of esters is 1. The number of phenolic OH excluding ortho intramolecular Hbond substituents is 1. The van der Waals surface area contributed by atoms with Crippen LogP contribution in [0.1, 0.15) is 192 Å². The van der Waals surface area contributed by atoms with E-state index in [2.05, 4.69) is 68.9 Å². The van der Waals surface area contributed by atoms with E-state index in [-0.39, 0.29) is 110 Å². The van der Waals surface area contributed by atoms with Gasteiger partial charge >= 0.3 is 11.7 Å². The average molecular weight is 1960 g/mol. The summed E-state index contributed by atoms with van der Waals surface area (Å²) in [5.41, 5.74) is 9.09. The van der Waals surface area contributed by atoms with Crippen LogP contribution in [0.15, 0.2) is 167 Å². The van der Waals surface area contributed by atoms with E-state index < -0.39 is 66.1 Å². The van der Waals surface area contributed by atoms with Crippen molar-refractivity contribution in [2.75, 3.05) is 34.3 Å². The lowest BCUT2D eigenvalue weighted by molar-refractivity contribution is -0.385. The number of phenols is 2. The Bertz CT molecular complexity index is 6370. The lowest BCUT2D eigenvalue weighted by atomic mass is 9.87. The number of nitrogens with zero attached hydrogens (tertiary/aromatic N) is 15. The Hall–Kier alpha value is -13.4. The van der Waals surface area contributed by atoms with Gasteiger partial charge in [-0.3, -0.25) is 53.7 Å². The molecule has 12 aromatic rings. The monoisotopic (exact) mass is 1960 g/mol. The number of anilines is 3. The third-order valence-corrected chi connectivity index (χ3v) is 26.1. The van der Waals surface area contributed by atoms with E-state index in [0.29, 0.717) is 85.6 Å². The standard InChI is InChI=1S/C45H67ClN8O10S2.C28H24N6O5S.C21H19N5O3S/c1-7-10-11-12-13-14-15-16-17-18-19-20-21-22-28-66(61,62)49-34-23-25-36(46)37(30-34)47-42(57)40(41(56)45(4,5)6)64-38-26-24-35(54(59)60)29-33(38)31-52(9-3)44(58)65-43-48-50-51-53(43)32-39(55)63-27-8-2;1-16-8-9-17(2)22(12-16)29-27(36)21-14-25(19-6-4-5-7-20(19)26(21)35)39-24-11-10-18(13-23(24)34(37)38)15-40-28-30-31-32-33(28)3;1-12-9-13(11-30-21-23-24-25-26(21)2)7-8-17(12)29-18-10-16(20(22)28)19(27)15-6-4-3-5-14(15)18/h23-26,29-30,40,49H,7-22,27-28,31-32H2,1-6H3,(H,47,57);4-14,35H,15H2,1-3H3,(H,29,36);3-10,27H,11H2,1-2H3,(H2,22,28). The van der Waals surface area contributed by atoms with Gasteiger partial charge in [0.2, 0.25) is 37.3 Å². The van der Waals surface area contributed by atoms with E-state index in [4.69, 9.17) is 36.3 Å². The van der Waals surface area contributed by atoms with Gasteiger partial charge < -0.3 is 50.4 Å². The SMILES string of the molecule is CCCCCCCCCCCCCCCCS(=O)(=O)Nc1ccc(Cl)c(NC(=O)C(Oc2ccc([N+](=O)[O-])cc2CN(CC)C(=O)Sc2nnnn2CC(=O)OCCC)C(=O)C(C)(C)C)c1.Cc1cc(CSc2nnnn2C)ccc1Oc1cc(C(N)=O)c(O)c2ccccc12.Cc1ccc(C)c(NC(=O)c2cc(Oc3ccc(CSc4nnnn4C)cc3[N+](=O)[O-])c3ccccc3c2O)c1. The average Bonchev–Trinajstić information content (AvgIpc) is 1.00. The Kier molecular flexibility index (Phi) is 38.7. The quantitative estimate of drug-likeness (QED) is 0.00515. The maximum absolute atomic E-state index is 14.0. The largest absolute Gasteiger partial charge is 0.506 e. The zero-order valence-electron chi connectivity index (χ0n) is 77.3. The van der Waals surface area contributed by atoms with Crippen LogP contribution in [0.4, 0.5) is 33.2 Å². The summed E-state index contributed by atoms with van der Waals surface area (Å²) >= 11 is 9.97. The van der Waals surface area contributed by atoms with Gasteiger partial charge in [0, 0.05) is 100 Å². The molecule has 7 N–H and O–H groups in total. The van der Waals surface area contributed by atoms with Gasteiger partial charge in [-0.25, -0.2) is 22.5 Å². The molecule has 0 spiro atoms. The first kappa shape index (κ1) is 105. The van der Waals surface area contributed by atoms with Crippen molar-refractivity contribution < 1.29 is 76.2 Å². The van der Waals surface area contributed by atoms with Crippen LogP contribution in [-0.4, -0.2) is 154 Å². The maximum Gasteiger partial charge on any atom is 0.327 e. The molecule has 0 aliphatic rings. The number of unbranched alkanes of at least 4 members (excludes halogenated alkanes) is 13. The highest BCUT2D eigenvalue weighted by Gasteiger charge is 2.38. The van der Waals surface area contributed by atoms with Crippen LogP contribution in [0.2, 0.25) is 5.02 Å². The van der Waals surface area contributed by atoms with Gasteiger partial charge in [-0.05, 0) is 154 Å². The molecule has 136 heavy (non-hydrogen) atoms. The summed E-state index contributed by atoms with van der Waals surface area (Å²) in [6.45, 7) is 15.9. The summed E-state index contributed by atoms with van der Waals surface area (Å²) < 4.78 is 56.3. The Labute approximate surface area is 804 Å². The number of thioether (sulfide) groups is 3. The molecule has 0 aliphatic heterocycles. The third-order valence-electron chi connectivity index (χ3n) is 21.3. The number of sulfonamides is 1. The first-order valence-corrected chi connectivity index (χ1v) is 48.9. The number of primary amides is 1. The van der Waals surface area contributed by atoms with Crippen molar-refractivity contribution in [3.63, 3.8) is 0 Å². The topological polar surface area (TPSA) is 496 Å². The highest BCUT2D eigenvalue weighted by molar-refractivity contribution is 8.13. The van der Waals surface area contributed by atoms with Crippen molar-refractivity contribution in [2.45, 2.75) is 205 Å². The molecule has 0 fully saturated rings. The molecule has 0 saturated carbocycles. The second-order valence-electron chi connectivity index (χ2n) is 33.0. The predicted molar refractivity (Wildman–Crippen MR) is 521 cm³/mol. The highest BCUT2D eigenvalue weighted by Crippen LogP contribution is 2.44. The number of carbonyl (C=O) groups is 6. The fraction of sp³-hybridized carbons (Fsp3) is 0.372. The van der Waals surface area contributed by atoms with Gasteiger partial charge in [-0.15, -0.1) is 15.3 Å². The molecule has 3 heterocycles. The van der Waals surface area contributed by atoms with E-state index in [1.807, 2.05) is 76.2 Å². The number of nitrogens with one attached hydrogen (secondary N) is 3. The summed E-state index contributed by atoms with van der Waals surface area (Å²) in [7, 11) is -0.241. The lowest BCUT2D eigenvalue weighted by Crippen LogP contribution is -2.45. The number of aryl methyl sites for hydroxylation is 5. The molecular weight excluding hydrogens is 1850 g/mol.